The normalized spacial score (nSPS) is 15.0. The Balaban J connectivity index is 1.93. The van der Waals surface area contributed by atoms with Crippen LogP contribution in [0.2, 0.25) is 5.02 Å². The fourth-order valence-corrected chi connectivity index (χ4v) is 5.96. The van der Waals surface area contributed by atoms with Gasteiger partial charge in [-0.1, -0.05) is 35.1 Å². The summed E-state index contributed by atoms with van der Waals surface area (Å²) in [6, 6.07) is 6.37. The Hall–Kier alpha value is -4.02. The maximum Gasteiger partial charge on any atom is 0.434 e. The minimum atomic E-state index is -5.09. The lowest BCUT2D eigenvalue weighted by atomic mass is 9.95. The summed E-state index contributed by atoms with van der Waals surface area (Å²) in [5, 5.41) is 12.1. The Labute approximate surface area is 263 Å². The number of nitro benzene ring substituents is 1. The number of fused-ring (bicyclic) bond motifs is 1. The topological polar surface area (TPSA) is 139 Å². The van der Waals surface area contributed by atoms with Crippen LogP contribution in [0.4, 0.5) is 18.9 Å². The Bertz CT molecular complexity index is 1860. The van der Waals surface area contributed by atoms with Crippen LogP contribution < -0.4 is 19.6 Å². The minimum absolute atomic E-state index is 0.0537. The molecule has 1 atom stereocenters. The van der Waals surface area contributed by atoms with E-state index in [4.69, 9.17) is 25.8 Å². The number of nitro groups is 1. The van der Waals surface area contributed by atoms with E-state index in [2.05, 4.69) is 20.9 Å². The molecule has 2 heterocycles. The molecule has 11 nitrogen and oxygen atoms in total. The molecule has 3 aromatic rings. The van der Waals surface area contributed by atoms with Gasteiger partial charge in [-0.05, 0) is 65.2 Å². The lowest BCUT2D eigenvalue weighted by molar-refractivity contribution is -0.385. The van der Waals surface area contributed by atoms with Crippen molar-refractivity contribution in [3.63, 3.8) is 0 Å². The average Bonchev–Trinajstić information content (AvgIpc) is 3.26. The zero-order chi connectivity index (χ0) is 32.3. The molecule has 0 spiro atoms. The van der Waals surface area contributed by atoms with E-state index < -0.39 is 58.2 Å². The number of ether oxygens (including phenoxy) is 3. The predicted molar refractivity (Wildman–Crippen MR) is 155 cm³/mol. The first kappa shape index (κ1) is 32.9. The Morgan fingerprint density at radius 1 is 1.18 bits per heavy atom. The number of thiazole rings is 1. The molecule has 1 aromatic heterocycles. The molecule has 232 valence electrons. The van der Waals surface area contributed by atoms with Crippen molar-refractivity contribution < 1.29 is 41.9 Å². The van der Waals surface area contributed by atoms with Crippen LogP contribution in [-0.4, -0.2) is 47.4 Å². The molecule has 0 amide bonds. The number of rotatable bonds is 9. The summed E-state index contributed by atoms with van der Waals surface area (Å²) < 4.78 is 58.6. The van der Waals surface area contributed by atoms with Crippen LogP contribution in [0.1, 0.15) is 31.0 Å². The molecule has 17 heteroatoms. The van der Waals surface area contributed by atoms with Gasteiger partial charge in [0.1, 0.15) is 0 Å². The first-order valence-corrected chi connectivity index (χ1v) is 14.6. The molecule has 0 fully saturated rings. The number of nitrogens with zero attached hydrogens (tertiary/aromatic N) is 3. The summed E-state index contributed by atoms with van der Waals surface area (Å²) in [4.78, 5) is 52.7. The number of halogens is 5. The van der Waals surface area contributed by atoms with E-state index in [0.717, 1.165) is 10.6 Å². The van der Waals surface area contributed by atoms with Crippen molar-refractivity contribution >= 4 is 62.6 Å². The molecule has 1 aliphatic heterocycles. The molecule has 0 aliphatic carbocycles. The molecule has 0 N–H and O–H groups in total. The molecule has 2 aromatic carbocycles. The minimum Gasteiger partial charge on any atom is -0.474 e. The third-order valence-corrected chi connectivity index (χ3v) is 7.79. The van der Waals surface area contributed by atoms with Crippen LogP contribution in [0.3, 0.4) is 0 Å². The standard InChI is InChI=1S/C27H20BrClF3N3O8S/c1-3-41-19(36)12-43-22-16(28)9-13(10-17(22)35(39)40)11-18-24(37)34-21(14-5-7-15(29)8-6-14)20(25(38)42-4-2)23(27(30,31)32)33-26(34)44-18/h5-11,21H,3-4,12H2,1-2H3/b18-11-/t21-/m1/s1. The van der Waals surface area contributed by atoms with Gasteiger partial charge in [-0.2, -0.15) is 13.2 Å². The summed E-state index contributed by atoms with van der Waals surface area (Å²) in [7, 11) is 0. The van der Waals surface area contributed by atoms with Gasteiger partial charge in [-0.15, -0.1) is 0 Å². The molecule has 0 saturated carbocycles. The summed E-state index contributed by atoms with van der Waals surface area (Å²) in [5.41, 5.74) is -3.57. The van der Waals surface area contributed by atoms with Crippen LogP contribution in [0.25, 0.3) is 6.08 Å². The van der Waals surface area contributed by atoms with Gasteiger partial charge in [0, 0.05) is 11.1 Å². The predicted octanol–water partition coefficient (Wildman–Crippen LogP) is 4.61. The third kappa shape index (κ3) is 6.87. The fourth-order valence-electron chi connectivity index (χ4n) is 4.25. The van der Waals surface area contributed by atoms with Crippen LogP contribution in [0.5, 0.6) is 5.75 Å². The van der Waals surface area contributed by atoms with Gasteiger partial charge in [0.05, 0.1) is 38.8 Å². The van der Waals surface area contributed by atoms with Crippen LogP contribution in [0.15, 0.2) is 61.9 Å². The number of hydrogen-bond acceptors (Lipinski definition) is 10. The number of alkyl halides is 3. The first-order valence-electron chi connectivity index (χ1n) is 12.6. The van der Waals surface area contributed by atoms with Gasteiger partial charge >= 0.3 is 23.8 Å². The SMILES string of the molecule is CCOC(=O)COc1c(Br)cc(/C=c2\sc3n(c2=O)[C@H](c2ccc(Cl)cc2)C(C(=O)OCC)=C(C(F)(F)F)N=3)cc1[N+](=O)[O-]. The van der Waals surface area contributed by atoms with E-state index in [1.807, 2.05) is 0 Å². The smallest absolute Gasteiger partial charge is 0.434 e. The Morgan fingerprint density at radius 2 is 1.84 bits per heavy atom. The molecule has 44 heavy (non-hydrogen) atoms. The zero-order valence-electron chi connectivity index (χ0n) is 22.6. The maximum absolute atomic E-state index is 14.3. The number of carbonyl (C=O) groups is 2. The second-order valence-corrected chi connectivity index (χ2v) is 11.1. The van der Waals surface area contributed by atoms with Crippen LogP contribution in [-0.2, 0) is 19.1 Å². The van der Waals surface area contributed by atoms with Crippen molar-refractivity contribution in [1.82, 2.24) is 4.57 Å². The molecule has 4 rings (SSSR count). The number of allylic oxidation sites excluding steroid dienone is 1. The highest BCUT2D eigenvalue weighted by Crippen LogP contribution is 2.39. The first-order chi connectivity index (χ1) is 20.8. The molecular formula is C27H20BrClF3N3O8S. The molecule has 0 unspecified atom stereocenters. The molecular weight excluding hydrogens is 699 g/mol. The highest BCUT2D eigenvalue weighted by Gasteiger charge is 2.45. The number of benzene rings is 2. The Morgan fingerprint density at radius 3 is 2.43 bits per heavy atom. The molecule has 0 bridgehead atoms. The van der Waals surface area contributed by atoms with E-state index in [1.165, 1.54) is 43.3 Å². The van der Waals surface area contributed by atoms with E-state index in [1.54, 1.807) is 6.92 Å². The number of aromatic nitrogens is 1. The van der Waals surface area contributed by atoms with Crippen molar-refractivity contribution in [2.75, 3.05) is 19.8 Å². The quantitative estimate of drug-likeness (QED) is 0.178. The van der Waals surface area contributed by atoms with Gasteiger partial charge in [0.15, 0.2) is 17.1 Å². The van der Waals surface area contributed by atoms with Crippen LogP contribution in [0, 0.1) is 10.1 Å². The van der Waals surface area contributed by atoms with Gasteiger partial charge in [-0.3, -0.25) is 19.5 Å². The summed E-state index contributed by atoms with van der Waals surface area (Å²) >= 11 is 9.73. The summed E-state index contributed by atoms with van der Waals surface area (Å²) in [6.07, 6.45) is -3.87. The van der Waals surface area contributed by atoms with E-state index in [0.29, 0.717) is 11.3 Å². The highest BCUT2D eigenvalue weighted by atomic mass is 79.9. The zero-order valence-corrected chi connectivity index (χ0v) is 25.8. The molecule has 1 aliphatic rings. The van der Waals surface area contributed by atoms with Crippen LogP contribution >= 0.6 is 38.9 Å². The Kier molecular flexibility index (Phi) is 9.95. The van der Waals surface area contributed by atoms with Gasteiger partial charge in [0.25, 0.3) is 5.56 Å². The van der Waals surface area contributed by atoms with E-state index >= 15 is 0 Å². The molecule has 0 saturated heterocycles. The monoisotopic (exact) mass is 717 g/mol. The lowest BCUT2D eigenvalue weighted by Gasteiger charge is -2.26. The van der Waals surface area contributed by atoms with Gasteiger partial charge in [0.2, 0.25) is 5.75 Å². The largest absolute Gasteiger partial charge is 0.474 e. The van der Waals surface area contributed by atoms with E-state index in [-0.39, 0.29) is 48.9 Å². The van der Waals surface area contributed by atoms with E-state index in [9.17, 15) is 37.7 Å². The molecule has 0 radical (unpaired) electrons. The van der Waals surface area contributed by atoms with Crippen molar-refractivity contribution in [3.8, 4) is 5.75 Å². The van der Waals surface area contributed by atoms with Crippen molar-refractivity contribution in [3.05, 3.63) is 98.1 Å². The van der Waals surface area contributed by atoms with Gasteiger partial charge in [-0.25, -0.2) is 14.6 Å². The summed E-state index contributed by atoms with van der Waals surface area (Å²) in [5.74, 6) is -2.34. The maximum atomic E-state index is 14.3. The average molecular weight is 719 g/mol. The fraction of sp³-hybridized carbons (Fsp3) is 0.259. The second kappa shape index (κ2) is 13.3. The van der Waals surface area contributed by atoms with Crippen molar-refractivity contribution in [1.29, 1.82) is 0 Å². The number of carbonyl (C=O) groups excluding carboxylic acids is 2. The van der Waals surface area contributed by atoms with Crippen molar-refractivity contribution in [2.24, 2.45) is 4.99 Å². The highest BCUT2D eigenvalue weighted by molar-refractivity contribution is 9.10. The number of hydrogen-bond donors (Lipinski definition) is 0. The van der Waals surface area contributed by atoms with Gasteiger partial charge < -0.3 is 14.2 Å². The number of esters is 2. The second-order valence-electron chi connectivity index (χ2n) is 8.82. The summed E-state index contributed by atoms with van der Waals surface area (Å²) in [6.45, 7) is 2.22. The lowest BCUT2D eigenvalue weighted by Crippen LogP contribution is -2.41. The van der Waals surface area contributed by atoms with Crippen molar-refractivity contribution in [2.45, 2.75) is 26.1 Å². The third-order valence-electron chi connectivity index (χ3n) is 5.96.